The van der Waals surface area contributed by atoms with Crippen molar-refractivity contribution in [2.24, 2.45) is 5.73 Å². The summed E-state index contributed by atoms with van der Waals surface area (Å²) < 4.78 is 4.61. The van der Waals surface area contributed by atoms with E-state index >= 15 is 0 Å². The van der Waals surface area contributed by atoms with E-state index in [1.807, 2.05) is 6.92 Å². The van der Waals surface area contributed by atoms with Crippen molar-refractivity contribution in [3.63, 3.8) is 0 Å². The summed E-state index contributed by atoms with van der Waals surface area (Å²) in [7, 11) is 0. The fourth-order valence-electron chi connectivity index (χ4n) is 0.651. The molecule has 0 spiro atoms. The number of carbonyl (C=O) groups is 2. The van der Waals surface area contributed by atoms with E-state index in [0.717, 1.165) is 6.42 Å². The van der Waals surface area contributed by atoms with Crippen molar-refractivity contribution in [3.05, 3.63) is 0 Å². The van der Waals surface area contributed by atoms with E-state index in [-0.39, 0.29) is 12.5 Å². The Morgan fingerprint density at radius 3 is 2.50 bits per heavy atom. The fraction of sp³-hybridized carbons (Fsp3) is 0.750. The lowest BCUT2D eigenvalue weighted by molar-refractivity contribution is -0.154. The molecule has 1 atom stereocenters. The third-order valence-electron chi connectivity index (χ3n) is 1.17. The van der Waals surface area contributed by atoms with Crippen LogP contribution in [0.2, 0.25) is 0 Å². The van der Waals surface area contributed by atoms with Gasteiger partial charge < -0.3 is 10.5 Å². The van der Waals surface area contributed by atoms with Crippen molar-refractivity contribution in [3.8, 4) is 0 Å². The molecule has 0 fully saturated rings. The number of rotatable bonds is 5. The van der Waals surface area contributed by atoms with Gasteiger partial charge in [-0.15, -0.1) is 0 Å². The fourth-order valence-corrected chi connectivity index (χ4v) is 0.651. The number of nitrogens with two attached hydrogens (primary N) is 1. The topological polar surface area (TPSA) is 69.4 Å². The van der Waals surface area contributed by atoms with Gasteiger partial charge >= 0.3 is 5.97 Å². The van der Waals surface area contributed by atoms with E-state index in [0.29, 0.717) is 6.61 Å². The van der Waals surface area contributed by atoms with Crippen molar-refractivity contribution in [2.45, 2.75) is 32.7 Å². The lowest BCUT2D eigenvalue weighted by atomic mass is 10.2. The summed E-state index contributed by atoms with van der Waals surface area (Å²) in [5, 5.41) is 0. The van der Waals surface area contributed by atoms with E-state index in [2.05, 4.69) is 4.74 Å². The van der Waals surface area contributed by atoms with Gasteiger partial charge in [-0.1, -0.05) is 6.92 Å². The summed E-state index contributed by atoms with van der Waals surface area (Å²) in [6.45, 7) is 3.83. The number of hydrogen-bond acceptors (Lipinski definition) is 4. The highest BCUT2D eigenvalue weighted by molar-refractivity contribution is 6.33. The van der Waals surface area contributed by atoms with Gasteiger partial charge in [0.2, 0.25) is 5.78 Å². The molecule has 12 heavy (non-hydrogen) atoms. The van der Waals surface area contributed by atoms with Crippen molar-refractivity contribution in [2.75, 3.05) is 6.61 Å². The third kappa shape index (κ3) is 4.85. The lowest BCUT2D eigenvalue weighted by Gasteiger charge is -2.03. The minimum absolute atomic E-state index is 0.0581. The van der Waals surface area contributed by atoms with Gasteiger partial charge in [-0.2, -0.15) is 0 Å². The first-order chi connectivity index (χ1) is 5.57. The monoisotopic (exact) mass is 173 g/mol. The molecule has 0 radical (unpaired) electrons. The van der Waals surface area contributed by atoms with Crippen LogP contribution in [0, 0.1) is 0 Å². The van der Waals surface area contributed by atoms with Crippen LogP contribution in [0.25, 0.3) is 0 Å². The second-order valence-electron chi connectivity index (χ2n) is 2.74. The summed E-state index contributed by atoms with van der Waals surface area (Å²) in [5.41, 5.74) is 5.33. The van der Waals surface area contributed by atoms with Crippen LogP contribution in [0.15, 0.2) is 0 Å². The van der Waals surface area contributed by atoms with E-state index in [9.17, 15) is 9.59 Å². The molecule has 0 bridgehead atoms. The normalized spacial score (nSPS) is 12.2. The molecule has 0 amide bonds. The quantitative estimate of drug-likeness (QED) is 0.478. The number of hydrogen-bond donors (Lipinski definition) is 1. The van der Waals surface area contributed by atoms with E-state index in [1.54, 1.807) is 6.92 Å². The van der Waals surface area contributed by atoms with Crippen molar-refractivity contribution in [1.82, 2.24) is 0 Å². The zero-order valence-corrected chi connectivity index (χ0v) is 7.50. The Bertz CT molecular complexity index is 166. The number of esters is 1. The molecule has 2 N–H and O–H groups in total. The molecule has 0 saturated heterocycles. The van der Waals surface area contributed by atoms with Crippen LogP contribution in [0.4, 0.5) is 0 Å². The zero-order chi connectivity index (χ0) is 9.56. The molecular formula is C8H15NO3. The number of ketones is 1. The Morgan fingerprint density at radius 1 is 1.50 bits per heavy atom. The molecule has 0 heterocycles. The smallest absolute Gasteiger partial charge is 0.374 e. The average molecular weight is 173 g/mol. The molecule has 70 valence electrons. The van der Waals surface area contributed by atoms with E-state index in [1.165, 1.54) is 0 Å². The summed E-state index contributed by atoms with van der Waals surface area (Å²) in [6.07, 6.45) is 0.778. The molecule has 0 aliphatic rings. The first kappa shape index (κ1) is 11.1. The summed E-state index contributed by atoms with van der Waals surface area (Å²) in [4.78, 5) is 21.7. The van der Waals surface area contributed by atoms with Crippen molar-refractivity contribution >= 4 is 11.8 Å². The van der Waals surface area contributed by atoms with Crippen molar-refractivity contribution in [1.29, 1.82) is 0 Å². The van der Waals surface area contributed by atoms with Gasteiger partial charge in [-0.25, -0.2) is 4.79 Å². The molecule has 4 nitrogen and oxygen atoms in total. The Kier molecular flexibility index (Phi) is 5.28. The largest absolute Gasteiger partial charge is 0.460 e. The highest BCUT2D eigenvalue weighted by Gasteiger charge is 2.15. The molecule has 0 saturated carbocycles. The number of Topliss-reactive ketones (excluding diaryl/α,β-unsaturated/α-hetero) is 1. The van der Waals surface area contributed by atoms with Gasteiger partial charge in [0.05, 0.1) is 6.61 Å². The highest BCUT2D eigenvalue weighted by atomic mass is 16.5. The predicted molar refractivity (Wildman–Crippen MR) is 44.5 cm³/mol. The molecule has 4 heteroatoms. The number of ether oxygens (including phenoxy) is 1. The SMILES string of the molecule is CCCOC(=O)C(=O)CC(C)N. The van der Waals surface area contributed by atoms with Crippen LogP contribution in [0.3, 0.4) is 0 Å². The lowest BCUT2D eigenvalue weighted by Crippen LogP contribution is -2.26. The first-order valence-electron chi connectivity index (χ1n) is 4.03. The average Bonchev–Trinajstić information content (AvgIpc) is 1.98. The minimum atomic E-state index is -0.769. The maximum Gasteiger partial charge on any atom is 0.374 e. The molecule has 0 aromatic carbocycles. The van der Waals surface area contributed by atoms with Gasteiger partial charge in [0, 0.05) is 12.5 Å². The van der Waals surface area contributed by atoms with Gasteiger partial charge in [-0.05, 0) is 13.3 Å². The Labute approximate surface area is 72.1 Å². The van der Waals surface area contributed by atoms with Gasteiger partial charge in [0.25, 0.3) is 0 Å². The predicted octanol–water partition coefficient (Wildman–Crippen LogP) is 0.246. The second-order valence-corrected chi connectivity index (χ2v) is 2.74. The Balaban J connectivity index is 3.70. The van der Waals surface area contributed by atoms with Gasteiger partial charge in [0.1, 0.15) is 0 Å². The van der Waals surface area contributed by atoms with Gasteiger partial charge in [-0.3, -0.25) is 4.79 Å². The molecule has 0 aliphatic carbocycles. The molecule has 0 aromatic rings. The van der Waals surface area contributed by atoms with Crippen LogP contribution in [-0.2, 0) is 14.3 Å². The van der Waals surface area contributed by atoms with Crippen LogP contribution in [0.5, 0.6) is 0 Å². The second kappa shape index (κ2) is 5.71. The molecule has 0 aromatic heterocycles. The summed E-state index contributed by atoms with van der Waals surface area (Å²) in [6, 6.07) is -0.285. The maximum atomic E-state index is 10.9. The zero-order valence-electron chi connectivity index (χ0n) is 7.50. The Morgan fingerprint density at radius 2 is 2.08 bits per heavy atom. The summed E-state index contributed by atoms with van der Waals surface area (Å²) in [5.74, 6) is -1.31. The van der Waals surface area contributed by atoms with Crippen LogP contribution >= 0.6 is 0 Å². The third-order valence-corrected chi connectivity index (χ3v) is 1.17. The standard InChI is InChI=1S/C8H15NO3/c1-3-4-12-8(11)7(10)5-6(2)9/h6H,3-5,9H2,1-2H3. The summed E-state index contributed by atoms with van der Waals surface area (Å²) >= 11 is 0. The van der Waals surface area contributed by atoms with Crippen LogP contribution in [0.1, 0.15) is 26.7 Å². The molecule has 0 aliphatic heterocycles. The number of carbonyl (C=O) groups excluding carboxylic acids is 2. The van der Waals surface area contributed by atoms with E-state index < -0.39 is 11.8 Å². The molecular weight excluding hydrogens is 158 g/mol. The van der Waals surface area contributed by atoms with Crippen molar-refractivity contribution < 1.29 is 14.3 Å². The minimum Gasteiger partial charge on any atom is -0.460 e. The first-order valence-corrected chi connectivity index (χ1v) is 4.03. The molecule has 0 rings (SSSR count). The van der Waals surface area contributed by atoms with Crippen LogP contribution < -0.4 is 5.73 Å². The van der Waals surface area contributed by atoms with E-state index in [4.69, 9.17) is 5.73 Å². The van der Waals surface area contributed by atoms with Crippen LogP contribution in [-0.4, -0.2) is 24.4 Å². The molecule has 1 unspecified atom stereocenters. The van der Waals surface area contributed by atoms with Gasteiger partial charge in [0.15, 0.2) is 0 Å². The Hall–Kier alpha value is -0.900. The highest BCUT2D eigenvalue weighted by Crippen LogP contribution is 1.92. The maximum absolute atomic E-state index is 10.9.